The number of benzene rings is 2. The number of carbonyl (C=O) groups is 3. The SMILES string of the molecule is CC(C)C(CN(C(=O)C(Cl)Cl)c1cccc(-c2ccno2)c1)NC(=O)CN(C)C(=O)OC(C)(C)C.Cc1c(Cl)cccc1Cl. The Balaban J connectivity index is 0.000000639. The number of rotatable bonds is 9. The summed E-state index contributed by atoms with van der Waals surface area (Å²) in [5.74, 6) is -0.448. The van der Waals surface area contributed by atoms with E-state index in [4.69, 9.17) is 55.7 Å². The Morgan fingerprint density at radius 1 is 1.02 bits per heavy atom. The minimum absolute atomic E-state index is 0.0531. The lowest BCUT2D eigenvalue weighted by Crippen LogP contribution is -2.52. The zero-order chi connectivity index (χ0) is 33.2. The Bertz CT molecular complexity index is 1370. The third kappa shape index (κ3) is 11.8. The molecule has 0 aliphatic rings. The molecule has 13 heteroatoms. The lowest BCUT2D eigenvalue weighted by Gasteiger charge is -2.31. The van der Waals surface area contributed by atoms with Crippen molar-refractivity contribution in [1.29, 1.82) is 0 Å². The van der Waals surface area contributed by atoms with E-state index in [1.807, 2.05) is 45.0 Å². The van der Waals surface area contributed by atoms with E-state index >= 15 is 0 Å². The summed E-state index contributed by atoms with van der Waals surface area (Å²) in [6.07, 6.45) is 0.916. The van der Waals surface area contributed by atoms with Crippen molar-refractivity contribution in [1.82, 2.24) is 15.4 Å². The highest BCUT2D eigenvalue weighted by molar-refractivity contribution is 6.54. The first-order chi connectivity index (χ1) is 20.5. The van der Waals surface area contributed by atoms with Gasteiger partial charge in [0.2, 0.25) is 5.91 Å². The summed E-state index contributed by atoms with van der Waals surface area (Å²) < 4.78 is 10.5. The highest BCUT2D eigenvalue weighted by atomic mass is 35.5. The van der Waals surface area contributed by atoms with Crippen LogP contribution in [0.1, 0.15) is 40.2 Å². The van der Waals surface area contributed by atoms with Crippen LogP contribution in [0.5, 0.6) is 0 Å². The summed E-state index contributed by atoms with van der Waals surface area (Å²) >= 11 is 23.3. The summed E-state index contributed by atoms with van der Waals surface area (Å²) in [5, 5.41) is 8.07. The van der Waals surface area contributed by atoms with Gasteiger partial charge in [-0.25, -0.2) is 4.79 Å². The molecule has 9 nitrogen and oxygen atoms in total. The lowest BCUT2D eigenvalue weighted by molar-refractivity contribution is -0.123. The number of aromatic nitrogens is 1. The van der Waals surface area contributed by atoms with Gasteiger partial charge in [-0.2, -0.15) is 0 Å². The fourth-order valence-electron chi connectivity index (χ4n) is 3.71. The maximum absolute atomic E-state index is 12.9. The smallest absolute Gasteiger partial charge is 0.410 e. The van der Waals surface area contributed by atoms with Crippen molar-refractivity contribution in [3.8, 4) is 11.3 Å². The van der Waals surface area contributed by atoms with E-state index in [1.54, 1.807) is 45.0 Å². The molecular formula is C31H38Cl4N4O5. The summed E-state index contributed by atoms with van der Waals surface area (Å²) in [7, 11) is 1.48. The van der Waals surface area contributed by atoms with Crippen LogP contribution >= 0.6 is 46.4 Å². The van der Waals surface area contributed by atoms with E-state index in [0.717, 1.165) is 15.6 Å². The third-order valence-corrected chi connectivity index (χ3v) is 7.34. The van der Waals surface area contributed by atoms with Crippen LogP contribution in [0.3, 0.4) is 0 Å². The Kier molecular flexibility index (Phi) is 14.3. The van der Waals surface area contributed by atoms with E-state index in [0.29, 0.717) is 17.0 Å². The number of alkyl halides is 2. The van der Waals surface area contributed by atoms with E-state index in [1.165, 1.54) is 23.0 Å². The number of nitrogens with one attached hydrogen (secondary N) is 1. The van der Waals surface area contributed by atoms with Gasteiger partial charge in [-0.05, 0) is 63.4 Å². The monoisotopic (exact) mass is 686 g/mol. The van der Waals surface area contributed by atoms with Crippen molar-refractivity contribution in [3.05, 3.63) is 70.3 Å². The average Bonchev–Trinajstić information content (AvgIpc) is 3.48. The first-order valence-electron chi connectivity index (χ1n) is 13.7. The van der Waals surface area contributed by atoms with Gasteiger partial charge in [-0.3, -0.25) is 9.59 Å². The van der Waals surface area contributed by atoms with Crippen molar-refractivity contribution in [2.24, 2.45) is 5.92 Å². The largest absolute Gasteiger partial charge is 0.444 e. The van der Waals surface area contributed by atoms with Gasteiger partial charge in [0, 0.05) is 47.0 Å². The summed E-state index contributed by atoms with van der Waals surface area (Å²) in [5.41, 5.74) is 1.51. The standard InChI is InChI=1S/C24H32Cl2N4O5.C7H6Cl2/c1-15(2)18(28-20(31)14-29(6)23(33)34-24(3,4)5)13-30(22(32)21(25)26)17-9-7-8-16(12-17)19-10-11-27-35-19;1-5-6(8)3-2-4-7(5)9/h7-12,15,18,21H,13-14H2,1-6H3,(H,28,31);2-4H,1H3. The highest BCUT2D eigenvalue weighted by Crippen LogP contribution is 2.27. The molecule has 0 fully saturated rings. The van der Waals surface area contributed by atoms with E-state index < -0.39 is 34.4 Å². The number of nitrogens with zero attached hydrogens (tertiary/aromatic N) is 3. The predicted molar refractivity (Wildman–Crippen MR) is 177 cm³/mol. The maximum atomic E-state index is 12.9. The molecule has 1 unspecified atom stereocenters. The summed E-state index contributed by atoms with van der Waals surface area (Å²) in [6, 6.07) is 13.8. The molecular weight excluding hydrogens is 650 g/mol. The first kappa shape index (κ1) is 37.2. The highest BCUT2D eigenvalue weighted by Gasteiger charge is 2.29. The van der Waals surface area contributed by atoms with Crippen molar-refractivity contribution < 1.29 is 23.6 Å². The van der Waals surface area contributed by atoms with Gasteiger partial charge < -0.3 is 24.4 Å². The fourth-order valence-corrected chi connectivity index (χ4v) is 4.34. The maximum Gasteiger partial charge on any atom is 0.410 e. The van der Waals surface area contributed by atoms with Crippen LogP contribution in [0.4, 0.5) is 10.5 Å². The molecule has 1 atom stereocenters. The molecule has 0 saturated heterocycles. The number of anilines is 1. The van der Waals surface area contributed by atoms with Gasteiger partial charge in [0.1, 0.15) is 12.1 Å². The molecule has 3 aromatic rings. The number of halogens is 4. The van der Waals surface area contributed by atoms with E-state index in [2.05, 4.69) is 10.5 Å². The molecule has 0 bridgehead atoms. The quantitative estimate of drug-likeness (QED) is 0.230. The number of amides is 3. The molecule has 3 rings (SSSR count). The van der Waals surface area contributed by atoms with Crippen molar-refractivity contribution >= 4 is 70.0 Å². The molecule has 0 aliphatic carbocycles. The molecule has 240 valence electrons. The van der Waals surface area contributed by atoms with Gasteiger partial charge >= 0.3 is 6.09 Å². The van der Waals surface area contributed by atoms with Gasteiger partial charge in [0.25, 0.3) is 5.91 Å². The first-order valence-corrected chi connectivity index (χ1v) is 15.4. The average molecular weight is 688 g/mol. The second-order valence-corrected chi connectivity index (χ2v) is 13.2. The molecule has 1 heterocycles. The third-order valence-electron chi connectivity index (χ3n) is 6.15. The normalized spacial score (nSPS) is 11.8. The van der Waals surface area contributed by atoms with Gasteiger partial charge in [-0.15, -0.1) is 0 Å². The van der Waals surface area contributed by atoms with Crippen molar-refractivity contribution in [2.75, 3.05) is 25.0 Å². The second kappa shape index (κ2) is 16.9. The van der Waals surface area contributed by atoms with Gasteiger partial charge in [-0.1, -0.05) is 83.6 Å². The Hall–Kier alpha value is -2.98. The van der Waals surface area contributed by atoms with Crippen molar-refractivity contribution in [2.45, 2.75) is 58.0 Å². The number of ether oxygens (including phenoxy) is 1. The summed E-state index contributed by atoms with van der Waals surface area (Å²) in [4.78, 5) is 39.2. The molecule has 1 N–H and O–H groups in total. The van der Waals surface area contributed by atoms with Crippen LogP contribution in [0.15, 0.2) is 59.3 Å². The molecule has 0 radical (unpaired) electrons. The minimum atomic E-state index is -1.30. The van der Waals surface area contributed by atoms with Crippen LogP contribution in [0, 0.1) is 12.8 Å². The molecule has 2 aromatic carbocycles. The Morgan fingerprint density at radius 3 is 2.14 bits per heavy atom. The molecule has 44 heavy (non-hydrogen) atoms. The van der Waals surface area contributed by atoms with Crippen molar-refractivity contribution in [3.63, 3.8) is 0 Å². The zero-order valence-corrected chi connectivity index (χ0v) is 28.8. The Morgan fingerprint density at radius 2 is 1.64 bits per heavy atom. The molecule has 1 aromatic heterocycles. The number of hydrogen-bond acceptors (Lipinski definition) is 6. The fraction of sp³-hybridized carbons (Fsp3) is 0.419. The molecule has 0 spiro atoms. The van der Waals surface area contributed by atoms with E-state index in [9.17, 15) is 14.4 Å². The van der Waals surface area contributed by atoms with Crippen LogP contribution in [-0.2, 0) is 14.3 Å². The minimum Gasteiger partial charge on any atom is -0.444 e. The topological polar surface area (TPSA) is 105 Å². The van der Waals surface area contributed by atoms with Gasteiger partial charge in [0.15, 0.2) is 10.6 Å². The predicted octanol–water partition coefficient (Wildman–Crippen LogP) is 7.79. The van der Waals surface area contributed by atoms with Crippen LogP contribution in [0.25, 0.3) is 11.3 Å². The van der Waals surface area contributed by atoms with E-state index in [-0.39, 0.29) is 19.0 Å². The zero-order valence-electron chi connectivity index (χ0n) is 25.7. The molecule has 3 amide bonds. The molecule has 0 saturated carbocycles. The van der Waals surface area contributed by atoms with Crippen LogP contribution in [0.2, 0.25) is 10.0 Å². The van der Waals surface area contributed by atoms with Gasteiger partial charge in [0.05, 0.1) is 6.20 Å². The number of likely N-dealkylation sites (N-methyl/N-ethyl adjacent to an activating group) is 1. The van der Waals surface area contributed by atoms with Crippen LogP contribution < -0.4 is 10.2 Å². The number of carbonyl (C=O) groups excluding carboxylic acids is 3. The second-order valence-electron chi connectivity index (χ2n) is 11.3. The summed E-state index contributed by atoms with van der Waals surface area (Å²) in [6.45, 7) is 10.9. The molecule has 0 aliphatic heterocycles. The van der Waals surface area contributed by atoms with Crippen LogP contribution in [-0.4, -0.2) is 64.6 Å². The number of hydrogen-bond donors (Lipinski definition) is 1. The Labute approximate surface area is 278 Å². The lowest BCUT2D eigenvalue weighted by atomic mass is 10.0.